The minimum Gasteiger partial charge on any atom is -0.394 e. The fraction of sp³-hybridized carbons (Fsp3) is 0.800. The quantitative estimate of drug-likeness (QED) is 0.257. The van der Waals surface area contributed by atoms with Gasteiger partial charge in [0.1, 0.15) is 24.4 Å². The van der Waals surface area contributed by atoms with Crippen molar-refractivity contribution in [2.75, 3.05) is 6.61 Å². The lowest BCUT2D eigenvalue weighted by Gasteiger charge is -2.34. The maximum atomic E-state index is 11.2. The summed E-state index contributed by atoms with van der Waals surface area (Å²) in [6.07, 6.45) is -8.35. The van der Waals surface area contributed by atoms with Gasteiger partial charge in [0, 0.05) is 0 Å². The van der Waals surface area contributed by atoms with E-state index in [1.54, 1.807) is 0 Å². The number of Topliss-reactive ketones (excluding diaryl/α,β-unsaturated/α-hetero) is 2. The molecule has 18 heavy (non-hydrogen) atoms. The topological polar surface area (TPSA) is 156 Å². The molecule has 4 atom stereocenters. The highest BCUT2D eigenvalue weighted by Gasteiger charge is 2.50. The summed E-state index contributed by atoms with van der Waals surface area (Å²) in [6, 6.07) is 0. The molecule has 0 saturated carbocycles. The molecule has 0 aromatic rings. The van der Waals surface area contributed by atoms with Gasteiger partial charge in [-0.1, -0.05) is 0 Å². The summed E-state index contributed by atoms with van der Waals surface area (Å²) in [5.74, 6) is -2.24. The highest BCUT2D eigenvalue weighted by atomic mass is 16.4. The highest BCUT2D eigenvalue weighted by Crippen LogP contribution is 2.20. The monoisotopic (exact) mass is 266 g/mol. The molecular formula is C10H18O8. The van der Waals surface area contributed by atoms with Crippen LogP contribution in [0.25, 0.3) is 0 Å². The van der Waals surface area contributed by atoms with Crippen LogP contribution in [0, 0.1) is 0 Å². The summed E-state index contributed by atoms with van der Waals surface area (Å²) in [6.45, 7) is 0.738. The second kappa shape index (κ2) is 6.32. The molecule has 0 amide bonds. The van der Waals surface area contributed by atoms with Crippen LogP contribution < -0.4 is 0 Å². The number of aliphatic hydroxyl groups is 6. The summed E-state index contributed by atoms with van der Waals surface area (Å²) < 4.78 is 0. The van der Waals surface area contributed by atoms with Crippen LogP contribution >= 0.6 is 0 Å². The summed E-state index contributed by atoms with van der Waals surface area (Å²) in [7, 11) is 0. The largest absolute Gasteiger partial charge is 0.394 e. The SMILES string of the molecule is CC(=O)C(O)(C(C)=O)C(O)C(O)C(O)C(O)CO. The van der Waals surface area contributed by atoms with Crippen LogP contribution in [0.3, 0.4) is 0 Å². The molecule has 8 nitrogen and oxygen atoms in total. The van der Waals surface area contributed by atoms with Crippen molar-refractivity contribution in [3.63, 3.8) is 0 Å². The molecule has 0 aliphatic rings. The van der Waals surface area contributed by atoms with Crippen LogP contribution in [-0.2, 0) is 9.59 Å². The van der Waals surface area contributed by atoms with Gasteiger partial charge in [0.15, 0.2) is 11.6 Å². The number of carbonyl (C=O) groups is 2. The number of carbonyl (C=O) groups excluding carboxylic acids is 2. The van der Waals surface area contributed by atoms with E-state index in [0.717, 1.165) is 13.8 Å². The molecule has 8 heteroatoms. The molecule has 0 bridgehead atoms. The van der Waals surface area contributed by atoms with Crippen molar-refractivity contribution in [2.45, 2.75) is 43.9 Å². The zero-order valence-corrected chi connectivity index (χ0v) is 10.0. The minimum atomic E-state index is -2.88. The predicted molar refractivity (Wildman–Crippen MR) is 57.4 cm³/mol. The Morgan fingerprint density at radius 1 is 1.00 bits per heavy atom. The maximum Gasteiger partial charge on any atom is 0.209 e. The van der Waals surface area contributed by atoms with Crippen LogP contribution in [0.15, 0.2) is 0 Å². The Kier molecular flexibility index (Phi) is 6.00. The average molecular weight is 266 g/mol. The lowest BCUT2D eigenvalue weighted by atomic mass is 9.83. The van der Waals surface area contributed by atoms with Crippen LogP contribution in [-0.4, -0.2) is 78.8 Å². The number of hydrogen-bond donors (Lipinski definition) is 6. The first-order chi connectivity index (χ1) is 8.10. The van der Waals surface area contributed by atoms with Crippen LogP contribution in [0.1, 0.15) is 13.8 Å². The molecule has 0 spiro atoms. The molecular weight excluding hydrogens is 248 g/mol. The second-order valence-corrected chi connectivity index (χ2v) is 4.05. The number of rotatable bonds is 7. The van der Waals surface area contributed by atoms with Crippen LogP contribution in [0.5, 0.6) is 0 Å². The van der Waals surface area contributed by atoms with Crippen molar-refractivity contribution in [2.24, 2.45) is 0 Å². The standard InChI is InChI=1S/C10H18O8/c1-4(12)10(18,5(2)13)9(17)8(16)7(15)6(14)3-11/h6-9,11,14-18H,3H2,1-2H3. The minimum absolute atomic E-state index is 0.826. The van der Waals surface area contributed by atoms with E-state index in [2.05, 4.69) is 0 Å². The molecule has 0 aromatic heterocycles. The van der Waals surface area contributed by atoms with Crippen molar-refractivity contribution < 1.29 is 40.2 Å². The zero-order chi connectivity index (χ0) is 14.7. The molecule has 0 aliphatic carbocycles. The van der Waals surface area contributed by atoms with E-state index in [4.69, 9.17) is 10.2 Å². The Morgan fingerprint density at radius 3 is 1.67 bits per heavy atom. The third-order valence-electron chi connectivity index (χ3n) is 2.76. The van der Waals surface area contributed by atoms with Gasteiger partial charge in [0.05, 0.1) is 6.61 Å². The lowest BCUT2D eigenvalue weighted by molar-refractivity contribution is -0.184. The van der Waals surface area contributed by atoms with Gasteiger partial charge >= 0.3 is 0 Å². The third kappa shape index (κ3) is 3.10. The number of hydrogen-bond acceptors (Lipinski definition) is 8. The second-order valence-electron chi connectivity index (χ2n) is 4.05. The Morgan fingerprint density at radius 2 is 1.39 bits per heavy atom. The Hall–Kier alpha value is -0.900. The lowest BCUT2D eigenvalue weighted by Crippen LogP contribution is -2.62. The van der Waals surface area contributed by atoms with Gasteiger partial charge in [-0.15, -0.1) is 0 Å². The third-order valence-corrected chi connectivity index (χ3v) is 2.76. The number of ketones is 2. The predicted octanol–water partition coefficient (Wildman–Crippen LogP) is -3.67. The van der Waals surface area contributed by atoms with Crippen LogP contribution in [0.2, 0.25) is 0 Å². The molecule has 6 N–H and O–H groups in total. The van der Waals surface area contributed by atoms with Gasteiger partial charge in [-0.05, 0) is 13.8 Å². The van der Waals surface area contributed by atoms with Gasteiger partial charge in [-0.2, -0.15) is 0 Å². The van der Waals surface area contributed by atoms with E-state index in [-0.39, 0.29) is 0 Å². The summed E-state index contributed by atoms with van der Waals surface area (Å²) in [5, 5.41) is 55.8. The van der Waals surface area contributed by atoms with E-state index in [9.17, 15) is 30.0 Å². The molecule has 0 aromatic carbocycles. The molecule has 0 radical (unpaired) electrons. The average Bonchev–Trinajstić information content (AvgIpc) is 2.33. The van der Waals surface area contributed by atoms with Gasteiger partial charge < -0.3 is 30.6 Å². The van der Waals surface area contributed by atoms with Gasteiger partial charge in [-0.25, -0.2) is 0 Å². The molecule has 0 aliphatic heterocycles. The van der Waals surface area contributed by atoms with Gasteiger partial charge in [0.25, 0.3) is 0 Å². The van der Waals surface area contributed by atoms with E-state index in [1.807, 2.05) is 0 Å². The Balaban J connectivity index is 5.17. The first-order valence-electron chi connectivity index (χ1n) is 5.18. The normalized spacial score (nSPS) is 18.9. The van der Waals surface area contributed by atoms with E-state index < -0.39 is 48.2 Å². The Bertz CT molecular complexity index is 301. The van der Waals surface area contributed by atoms with Crippen molar-refractivity contribution >= 4 is 11.6 Å². The molecule has 106 valence electrons. The maximum absolute atomic E-state index is 11.2. The molecule has 0 fully saturated rings. The van der Waals surface area contributed by atoms with E-state index >= 15 is 0 Å². The van der Waals surface area contributed by atoms with Crippen molar-refractivity contribution in [3.8, 4) is 0 Å². The zero-order valence-electron chi connectivity index (χ0n) is 10.0. The Labute approximate surface area is 103 Å². The van der Waals surface area contributed by atoms with Gasteiger partial charge in [-0.3, -0.25) is 9.59 Å². The molecule has 0 heterocycles. The molecule has 0 saturated heterocycles. The fourth-order valence-corrected chi connectivity index (χ4v) is 1.43. The van der Waals surface area contributed by atoms with E-state index in [0.29, 0.717) is 0 Å². The summed E-state index contributed by atoms with van der Waals surface area (Å²) in [5.41, 5.74) is -2.88. The first kappa shape index (κ1) is 17.1. The summed E-state index contributed by atoms with van der Waals surface area (Å²) in [4.78, 5) is 22.4. The highest BCUT2D eigenvalue weighted by molar-refractivity contribution is 6.09. The first-order valence-corrected chi connectivity index (χ1v) is 5.18. The molecule has 0 rings (SSSR count). The summed E-state index contributed by atoms with van der Waals surface area (Å²) >= 11 is 0. The smallest absolute Gasteiger partial charge is 0.209 e. The van der Waals surface area contributed by atoms with Crippen molar-refractivity contribution in [1.29, 1.82) is 0 Å². The fourth-order valence-electron chi connectivity index (χ4n) is 1.43. The van der Waals surface area contributed by atoms with Gasteiger partial charge in [0.2, 0.25) is 5.60 Å². The van der Waals surface area contributed by atoms with Crippen LogP contribution in [0.4, 0.5) is 0 Å². The molecule has 4 unspecified atom stereocenters. The number of aliphatic hydroxyl groups excluding tert-OH is 5. The van der Waals surface area contributed by atoms with Crippen molar-refractivity contribution in [1.82, 2.24) is 0 Å². The van der Waals surface area contributed by atoms with Crippen molar-refractivity contribution in [3.05, 3.63) is 0 Å². The van der Waals surface area contributed by atoms with E-state index in [1.165, 1.54) is 0 Å².